The largest absolute Gasteiger partial charge is 0.350 e. The third-order valence-corrected chi connectivity index (χ3v) is 3.75. The molecule has 140 valence electrons. The Labute approximate surface area is 150 Å². The number of benzene rings is 1. The lowest BCUT2D eigenvalue weighted by Crippen LogP contribution is -2.55. The Kier molecular flexibility index (Phi) is 8.58. The standard InChI is InChI=1S/C19H32N4O2/c1-19(2,3)23-18(25)16(12-11-14-8-5-4-6-9-14)22-17(24)15(21)10-7-13-20/h4-6,8-9,15-16H,7,10-13,20-21H2,1-3H3,(H,22,24)(H,23,25)/t15-,16?/m1/s1. The highest BCUT2D eigenvalue weighted by molar-refractivity contribution is 5.89. The summed E-state index contributed by atoms with van der Waals surface area (Å²) < 4.78 is 0. The summed E-state index contributed by atoms with van der Waals surface area (Å²) in [7, 11) is 0. The van der Waals surface area contributed by atoms with Crippen LogP contribution >= 0.6 is 0 Å². The van der Waals surface area contributed by atoms with Crippen molar-refractivity contribution in [3.63, 3.8) is 0 Å². The average molecular weight is 348 g/mol. The Morgan fingerprint density at radius 3 is 2.28 bits per heavy atom. The number of carbonyl (C=O) groups excluding carboxylic acids is 2. The number of hydrogen-bond acceptors (Lipinski definition) is 4. The molecule has 0 saturated carbocycles. The molecule has 0 fully saturated rings. The minimum absolute atomic E-state index is 0.192. The molecule has 2 amide bonds. The van der Waals surface area contributed by atoms with Crippen molar-refractivity contribution >= 4 is 11.8 Å². The highest BCUT2D eigenvalue weighted by Gasteiger charge is 2.26. The maximum atomic E-state index is 12.6. The van der Waals surface area contributed by atoms with Crippen LogP contribution in [0.5, 0.6) is 0 Å². The molecule has 1 unspecified atom stereocenters. The van der Waals surface area contributed by atoms with Crippen LogP contribution in [0.2, 0.25) is 0 Å². The number of carbonyl (C=O) groups is 2. The Balaban J connectivity index is 2.72. The van der Waals surface area contributed by atoms with Crippen molar-refractivity contribution in [2.45, 2.75) is 64.1 Å². The summed E-state index contributed by atoms with van der Waals surface area (Å²) in [4.78, 5) is 24.8. The number of nitrogens with two attached hydrogens (primary N) is 2. The lowest BCUT2D eigenvalue weighted by atomic mass is 10.0. The first-order chi connectivity index (χ1) is 11.7. The van der Waals surface area contributed by atoms with Crippen LogP contribution in [0.3, 0.4) is 0 Å². The van der Waals surface area contributed by atoms with E-state index < -0.39 is 12.1 Å². The van der Waals surface area contributed by atoms with Crippen molar-refractivity contribution in [1.82, 2.24) is 10.6 Å². The number of aryl methyl sites for hydroxylation is 1. The van der Waals surface area contributed by atoms with E-state index in [1.165, 1.54) is 0 Å². The molecule has 0 saturated heterocycles. The van der Waals surface area contributed by atoms with E-state index in [-0.39, 0.29) is 17.4 Å². The highest BCUT2D eigenvalue weighted by Crippen LogP contribution is 2.08. The summed E-state index contributed by atoms with van der Waals surface area (Å²) in [6.45, 7) is 6.22. The normalized spacial score (nSPS) is 13.8. The van der Waals surface area contributed by atoms with E-state index in [0.29, 0.717) is 32.2 Å². The van der Waals surface area contributed by atoms with Crippen LogP contribution in [-0.2, 0) is 16.0 Å². The van der Waals surface area contributed by atoms with Crippen LogP contribution in [0.25, 0.3) is 0 Å². The van der Waals surface area contributed by atoms with Crippen LogP contribution in [0.15, 0.2) is 30.3 Å². The molecule has 0 aliphatic carbocycles. The van der Waals surface area contributed by atoms with Gasteiger partial charge in [-0.3, -0.25) is 9.59 Å². The maximum Gasteiger partial charge on any atom is 0.242 e. The second kappa shape index (κ2) is 10.2. The molecule has 0 radical (unpaired) electrons. The summed E-state index contributed by atoms with van der Waals surface area (Å²) in [5.74, 6) is -0.502. The number of nitrogens with one attached hydrogen (secondary N) is 2. The molecule has 1 rings (SSSR count). The SMILES string of the molecule is CC(C)(C)NC(=O)C(CCc1ccccc1)NC(=O)[C@H](N)CCCN. The summed E-state index contributed by atoms with van der Waals surface area (Å²) in [6.07, 6.45) is 2.40. The fourth-order valence-electron chi connectivity index (χ4n) is 2.43. The van der Waals surface area contributed by atoms with Gasteiger partial charge in [0.2, 0.25) is 11.8 Å². The van der Waals surface area contributed by atoms with Crippen LogP contribution in [-0.4, -0.2) is 36.0 Å². The monoisotopic (exact) mass is 348 g/mol. The molecule has 1 aromatic rings. The second-order valence-electron chi connectivity index (χ2n) is 7.36. The van der Waals surface area contributed by atoms with E-state index in [2.05, 4.69) is 10.6 Å². The first kappa shape index (κ1) is 21.1. The molecule has 0 spiro atoms. The summed E-state index contributed by atoms with van der Waals surface area (Å²) in [6, 6.07) is 8.62. The third kappa shape index (κ3) is 8.65. The summed E-state index contributed by atoms with van der Waals surface area (Å²) in [5, 5.41) is 5.73. The molecule has 0 aromatic heterocycles. The van der Waals surface area contributed by atoms with Crippen molar-refractivity contribution in [3.8, 4) is 0 Å². The molecule has 1 aromatic carbocycles. The molecule has 0 aliphatic rings. The van der Waals surface area contributed by atoms with Crippen molar-refractivity contribution in [1.29, 1.82) is 0 Å². The minimum atomic E-state index is -0.648. The Hall–Kier alpha value is -1.92. The molecular formula is C19H32N4O2. The van der Waals surface area contributed by atoms with Gasteiger partial charge in [-0.15, -0.1) is 0 Å². The van der Waals surface area contributed by atoms with E-state index in [0.717, 1.165) is 5.56 Å². The Morgan fingerprint density at radius 1 is 1.08 bits per heavy atom. The van der Waals surface area contributed by atoms with Gasteiger partial charge in [-0.25, -0.2) is 0 Å². The second-order valence-corrected chi connectivity index (χ2v) is 7.36. The summed E-state index contributed by atoms with van der Waals surface area (Å²) >= 11 is 0. The van der Waals surface area contributed by atoms with E-state index >= 15 is 0 Å². The lowest BCUT2D eigenvalue weighted by molar-refractivity contribution is -0.130. The lowest BCUT2D eigenvalue weighted by Gasteiger charge is -2.26. The van der Waals surface area contributed by atoms with Crippen LogP contribution in [0, 0.1) is 0 Å². The van der Waals surface area contributed by atoms with Crippen LogP contribution in [0.4, 0.5) is 0 Å². The van der Waals surface area contributed by atoms with Gasteiger partial charge in [-0.05, 0) is 58.6 Å². The van der Waals surface area contributed by atoms with E-state index in [9.17, 15) is 9.59 Å². The molecule has 6 heteroatoms. The van der Waals surface area contributed by atoms with Gasteiger partial charge in [-0.1, -0.05) is 30.3 Å². The molecule has 0 aliphatic heterocycles. The van der Waals surface area contributed by atoms with Crippen molar-refractivity contribution in [3.05, 3.63) is 35.9 Å². The maximum absolute atomic E-state index is 12.6. The molecule has 6 N–H and O–H groups in total. The predicted molar refractivity (Wildman–Crippen MR) is 101 cm³/mol. The van der Waals surface area contributed by atoms with Gasteiger partial charge in [0.1, 0.15) is 6.04 Å². The van der Waals surface area contributed by atoms with E-state index in [4.69, 9.17) is 11.5 Å². The van der Waals surface area contributed by atoms with Gasteiger partial charge in [0.25, 0.3) is 0 Å². The predicted octanol–water partition coefficient (Wildman–Crippen LogP) is 1.08. The molecule has 0 heterocycles. The van der Waals surface area contributed by atoms with Gasteiger partial charge < -0.3 is 22.1 Å². The van der Waals surface area contributed by atoms with Gasteiger partial charge in [0.15, 0.2) is 0 Å². The molecule has 6 nitrogen and oxygen atoms in total. The fraction of sp³-hybridized carbons (Fsp3) is 0.579. The molecular weight excluding hydrogens is 316 g/mol. The smallest absolute Gasteiger partial charge is 0.242 e. The van der Waals surface area contributed by atoms with Crippen molar-refractivity contribution in [2.24, 2.45) is 11.5 Å². The quantitative estimate of drug-likeness (QED) is 0.535. The third-order valence-electron chi connectivity index (χ3n) is 3.75. The number of rotatable bonds is 9. The number of hydrogen-bond donors (Lipinski definition) is 4. The first-order valence-electron chi connectivity index (χ1n) is 8.85. The zero-order valence-electron chi connectivity index (χ0n) is 15.5. The van der Waals surface area contributed by atoms with E-state index in [1.807, 2.05) is 51.1 Å². The van der Waals surface area contributed by atoms with Crippen LogP contribution < -0.4 is 22.1 Å². The van der Waals surface area contributed by atoms with Gasteiger partial charge in [-0.2, -0.15) is 0 Å². The molecule has 0 bridgehead atoms. The zero-order valence-corrected chi connectivity index (χ0v) is 15.5. The zero-order chi connectivity index (χ0) is 18.9. The van der Waals surface area contributed by atoms with Gasteiger partial charge >= 0.3 is 0 Å². The first-order valence-corrected chi connectivity index (χ1v) is 8.85. The Morgan fingerprint density at radius 2 is 1.72 bits per heavy atom. The van der Waals surface area contributed by atoms with Crippen molar-refractivity contribution in [2.75, 3.05) is 6.54 Å². The van der Waals surface area contributed by atoms with Gasteiger partial charge in [0.05, 0.1) is 6.04 Å². The molecule has 25 heavy (non-hydrogen) atoms. The fourth-order valence-corrected chi connectivity index (χ4v) is 2.43. The minimum Gasteiger partial charge on any atom is -0.350 e. The van der Waals surface area contributed by atoms with E-state index in [1.54, 1.807) is 0 Å². The summed E-state index contributed by atoms with van der Waals surface area (Å²) in [5.41, 5.74) is 12.1. The number of amides is 2. The topological polar surface area (TPSA) is 110 Å². The molecule has 2 atom stereocenters. The van der Waals surface area contributed by atoms with Gasteiger partial charge in [0, 0.05) is 5.54 Å². The average Bonchev–Trinajstić information content (AvgIpc) is 2.55. The van der Waals surface area contributed by atoms with Crippen LogP contribution in [0.1, 0.15) is 45.6 Å². The highest BCUT2D eigenvalue weighted by atomic mass is 16.2. The Bertz CT molecular complexity index is 540. The van der Waals surface area contributed by atoms with Crippen molar-refractivity contribution < 1.29 is 9.59 Å².